The van der Waals surface area contributed by atoms with Gasteiger partial charge in [0, 0.05) is 30.3 Å². The number of ether oxygens (including phenoxy) is 1. The smallest absolute Gasteiger partial charge is 0.241 e. The normalized spacial score (nSPS) is 17.2. The summed E-state index contributed by atoms with van der Waals surface area (Å²) in [4.78, 5) is 19.2. The molecule has 0 aliphatic carbocycles. The number of benzene rings is 2. The van der Waals surface area contributed by atoms with Crippen LogP contribution in [0.3, 0.4) is 0 Å². The highest BCUT2D eigenvalue weighted by Crippen LogP contribution is 2.19. The largest absolute Gasteiger partial charge is 0.378 e. The second-order valence-corrected chi connectivity index (χ2v) is 7.20. The average molecular weight is 392 g/mol. The zero-order valence-electron chi connectivity index (χ0n) is 16.4. The molecule has 1 aromatic heterocycles. The second-order valence-electron chi connectivity index (χ2n) is 7.20. The summed E-state index contributed by atoms with van der Waals surface area (Å²) in [6.45, 7) is 4.34. The molecule has 7 nitrogen and oxygen atoms in total. The van der Waals surface area contributed by atoms with E-state index in [1.807, 2.05) is 61.5 Å². The van der Waals surface area contributed by atoms with Crippen LogP contribution in [-0.4, -0.2) is 46.7 Å². The summed E-state index contributed by atoms with van der Waals surface area (Å²) in [6, 6.07) is 17.5. The van der Waals surface area contributed by atoms with Gasteiger partial charge in [0.2, 0.25) is 17.6 Å². The van der Waals surface area contributed by atoms with E-state index in [2.05, 4.69) is 20.4 Å². The first kappa shape index (κ1) is 19.3. The minimum Gasteiger partial charge on any atom is -0.378 e. The van der Waals surface area contributed by atoms with Gasteiger partial charge in [-0.25, -0.2) is 0 Å². The summed E-state index contributed by atoms with van der Waals surface area (Å²) in [5.74, 6) is 1.07. The monoisotopic (exact) mass is 392 g/mol. The molecular formula is C22H24N4O3. The summed E-state index contributed by atoms with van der Waals surface area (Å²) in [5.41, 5.74) is 2.87. The van der Waals surface area contributed by atoms with Gasteiger partial charge in [-0.05, 0) is 19.1 Å². The fraction of sp³-hybridized carbons (Fsp3) is 0.318. The predicted octanol–water partition coefficient (Wildman–Crippen LogP) is 3.27. The van der Waals surface area contributed by atoms with Crippen molar-refractivity contribution in [3.8, 4) is 11.4 Å². The maximum atomic E-state index is 12.5. The number of amides is 1. The number of aryl methyl sites for hydroxylation is 1. The molecule has 0 spiro atoms. The lowest BCUT2D eigenvalue weighted by atomic mass is 10.1. The van der Waals surface area contributed by atoms with Crippen LogP contribution in [-0.2, 0) is 16.1 Å². The molecule has 0 saturated carbocycles. The lowest BCUT2D eigenvalue weighted by Crippen LogP contribution is -2.46. The number of carbonyl (C=O) groups excluding carboxylic acids is 1. The number of nitrogens with zero attached hydrogens (tertiary/aromatic N) is 3. The Bertz CT molecular complexity index is 940. The number of hydrogen-bond donors (Lipinski definition) is 1. The molecule has 0 bridgehead atoms. The van der Waals surface area contributed by atoms with E-state index in [0.717, 1.165) is 16.8 Å². The third-order valence-corrected chi connectivity index (χ3v) is 4.94. The van der Waals surface area contributed by atoms with Crippen LogP contribution in [0.4, 0.5) is 5.69 Å². The van der Waals surface area contributed by atoms with Crippen molar-refractivity contribution >= 4 is 11.6 Å². The minimum atomic E-state index is -0.0405. The maximum Gasteiger partial charge on any atom is 0.241 e. The van der Waals surface area contributed by atoms with E-state index in [9.17, 15) is 4.79 Å². The van der Waals surface area contributed by atoms with Gasteiger partial charge in [0.1, 0.15) is 0 Å². The van der Waals surface area contributed by atoms with Crippen molar-refractivity contribution in [1.82, 2.24) is 15.0 Å². The molecule has 7 heteroatoms. The number of carbonyl (C=O) groups is 1. The van der Waals surface area contributed by atoms with E-state index >= 15 is 0 Å². The molecule has 4 rings (SSSR count). The summed E-state index contributed by atoms with van der Waals surface area (Å²) >= 11 is 0. The molecule has 150 valence electrons. The highest BCUT2D eigenvalue weighted by atomic mass is 16.5. The molecule has 0 unspecified atom stereocenters. The fourth-order valence-corrected chi connectivity index (χ4v) is 3.35. The van der Waals surface area contributed by atoms with Gasteiger partial charge in [-0.15, -0.1) is 0 Å². The predicted molar refractivity (Wildman–Crippen MR) is 109 cm³/mol. The van der Waals surface area contributed by atoms with Gasteiger partial charge in [-0.1, -0.05) is 53.2 Å². The van der Waals surface area contributed by atoms with Crippen LogP contribution in [0, 0.1) is 6.92 Å². The van der Waals surface area contributed by atoms with Crippen molar-refractivity contribution in [2.75, 3.05) is 25.1 Å². The van der Waals surface area contributed by atoms with Crippen molar-refractivity contribution in [3.63, 3.8) is 0 Å². The highest BCUT2D eigenvalue weighted by Gasteiger charge is 2.27. The van der Waals surface area contributed by atoms with Crippen molar-refractivity contribution in [2.24, 2.45) is 0 Å². The Kier molecular flexibility index (Phi) is 5.97. The fourth-order valence-electron chi connectivity index (χ4n) is 3.35. The first-order chi connectivity index (χ1) is 14.2. The molecule has 1 atom stereocenters. The van der Waals surface area contributed by atoms with Crippen molar-refractivity contribution < 1.29 is 14.1 Å². The van der Waals surface area contributed by atoms with Gasteiger partial charge in [0.15, 0.2) is 0 Å². The van der Waals surface area contributed by atoms with Crippen LogP contribution in [0.5, 0.6) is 0 Å². The Morgan fingerprint density at radius 3 is 2.76 bits per heavy atom. The van der Waals surface area contributed by atoms with Gasteiger partial charge in [-0.2, -0.15) is 4.98 Å². The number of rotatable bonds is 6. The summed E-state index contributed by atoms with van der Waals surface area (Å²) in [6.07, 6.45) is 0.341. The Labute approximate surface area is 169 Å². The van der Waals surface area contributed by atoms with Crippen LogP contribution in [0.2, 0.25) is 0 Å². The molecule has 1 N–H and O–H groups in total. The quantitative estimate of drug-likeness (QED) is 0.693. The van der Waals surface area contributed by atoms with E-state index < -0.39 is 0 Å². The second kappa shape index (κ2) is 8.98. The third kappa shape index (κ3) is 5.07. The molecule has 29 heavy (non-hydrogen) atoms. The highest BCUT2D eigenvalue weighted by molar-refractivity contribution is 5.91. The molecule has 1 saturated heterocycles. The van der Waals surface area contributed by atoms with Crippen LogP contribution in [0.25, 0.3) is 11.4 Å². The van der Waals surface area contributed by atoms with Gasteiger partial charge >= 0.3 is 0 Å². The Morgan fingerprint density at radius 2 is 1.97 bits per heavy atom. The van der Waals surface area contributed by atoms with E-state index in [-0.39, 0.29) is 11.9 Å². The van der Waals surface area contributed by atoms with E-state index in [0.29, 0.717) is 44.4 Å². The van der Waals surface area contributed by atoms with Gasteiger partial charge < -0.3 is 14.6 Å². The SMILES string of the molecule is Cc1ccc(NC(=O)C[C@@H]2COCCN2Cc2nc(-c3ccccc3)no2)cc1. The van der Waals surface area contributed by atoms with Crippen molar-refractivity contribution in [3.05, 3.63) is 66.1 Å². The minimum absolute atomic E-state index is 0.0372. The van der Waals surface area contributed by atoms with Crippen LogP contribution in [0.15, 0.2) is 59.1 Å². The van der Waals surface area contributed by atoms with Crippen molar-refractivity contribution in [2.45, 2.75) is 25.9 Å². The zero-order valence-corrected chi connectivity index (χ0v) is 16.4. The molecule has 2 aromatic carbocycles. The van der Waals surface area contributed by atoms with Gasteiger partial charge in [-0.3, -0.25) is 9.69 Å². The van der Waals surface area contributed by atoms with Crippen LogP contribution < -0.4 is 5.32 Å². The first-order valence-corrected chi connectivity index (χ1v) is 9.74. The summed E-state index contributed by atoms with van der Waals surface area (Å²) in [5, 5.41) is 7.03. The number of morpholine rings is 1. The zero-order chi connectivity index (χ0) is 20.1. The topological polar surface area (TPSA) is 80.5 Å². The number of aromatic nitrogens is 2. The van der Waals surface area contributed by atoms with Crippen LogP contribution in [0.1, 0.15) is 17.9 Å². The van der Waals surface area contributed by atoms with E-state index in [1.165, 1.54) is 0 Å². The van der Waals surface area contributed by atoms with Crippen molar-refractivity contribution in [1.29, 1.82) is 0 Å². The van der Waals surface area contributed by atoms with E-state index in [4.69, 9.17) is 9.26 Å². The number of anilines is 1. The number of nitrogens with one attached hydrogen (secondary N) is 1. The molecule has 1 aliphatic rings. The number of hydrogen-bond acceptors (Lipinski definition) is 6. The lowest BCUT2D eigenvalue weighted by molar-refractivity contribution is -0.119. The average Bonchev–Trinajstić information content (AvgIpc) is 3.20. The molecule has 1 fully saturated rings. The molecule has 0 radical (unpaired) electrons. The molecule has 1 aliphatic heterocycles. The van der Waals surface area contributed by atoms with Gasteiger partial charge in [0.25, 0.3) is 0 Å². The van der Waals surface area contributed by atoms with Gasteiger partial charge in [0.05, 0.1) is 19.8 Å². The standard InChI is InChI=1S/C22H24N4O3/c1-16-7-9-18(10-8-16)23-20(27)13-19-15-28-12-11-26(19)14-21-24-22(25-29-21)17-5-3-2-4-6-17/h2-10,19H,11-15H2,1H3,(H,23,27)/t19-/m1/s1. The van der Waals surface area contributed by atoms with Crippen LogP contribution >= 0.6 is 0 Å². The molecule has 3 aromatic rings. The summed E-state index contributed by atoms with van der Waals surface area (Å²) in [7, 11) is 0. The molecular weight excluding hydrogens is 368 g/mol. The summed E-state index contributed by atoms with van der Waals surface area (Å²) < 4.78 is 11.0. The third-order valence-electron chi connectivity index (χ3n) is 4.94. The Hall–Kier alpha value is -3.03. The Balaban J connectivity index is 1.38. The lowest BCUT2D eigenvalue weighted by Gasteiger charge is -2.34. The Morgan fingerprint density at radius 1 is 1.17 bits per heavy atom. The first-order valence-electron chi connectivity index (χ1n) is 9.74. The molecule has 2 heterocycles. The molecule has 1 amide bonds. The maximum absolute atomic E-state index is 12.5. The van der Waals surface area contributed by atoms with E-state index in [1.54, 1.807) is 0 Å².